The largest absolute Gasteiger partial charge is 0.497 e. The minimum Gasteiger partial charge on any atom is -0.497 e. The average Bonchev–Trinajstić information content (AvgIpc) is 3.11. The van der Waals surface area contributed by atoms with Crippen molar-refractivity contribution < 1.29 is 19.0 Å². The number of ether oxygens (including phenoxy) is 3. The molecular weight excluding hydrogens is 346 g/mol. The molecule has 3 rings (SSSR count). The zero-order valence-corrected chi connectivity index (χ0v) is 15.3. The molecule has 0 spiro atoms. The smallest absolute Gasteiger partial charge is 0.356 e. The van der Waals surface area contributed by atoms with Gasteiger partial charge in [0.15, 0.2) is 0 Å². The summed E-state index contributed by atoms with van der Waals surface area (Å²) in [4.78, 5) is 20.2. The third-order valence-corrected chi connectivity index (χ3v) is 3.97. The highest BCUT2D eigenvalue weighted by Gasteiger charge is 2.09. The number of pyridine rings is 1. The van der Waals surface area contributed by atoms with Crippen molar-refractivity contribution in [1.82, 2.24) is 14.5 Å². The Morgan fingerprint density at radius 2 is 1.78 bits per heavy atom. The molecule has 7 heteroatoms. The Labute approximate surface area is 157 Å². The standard InChI is InChI=1S/C20H21N3O4/c1-23-14-21-12-15(23)4-3-11-26-20(24)19-10-9-18(13-22-19)27-17-7-5-16(25-2)6-8-17/h5-10,12-14H,3-4,11H2,1-2H3. The molecule has 7 nitrogen and oxygen atoms in total. The van der Waals surface area contributed by atoms with E-state index in [0.717, 1.165) is 24.3 Å². The molecule has 0 saturated heterocycles. The maximum Gasteiger partial charge on any atom is 0.356 e. The average molecular weight is 367 g/mol. The molecule has 0 N–H and O–H groups in total. The topological polar surface area (TPSA) is 75.5 Å². The summed E-state index contributed by atoms with van der Waals surface area (Å²) >= 11 is 0. The molecule has 1 aromatic carbocycles. The van der Waals surface area contributed by atoms with Crippen LogP contribution in [-0.2, 0) is 18.2 Å². The maximum absolute atomic E-state index is 12.1. The molecular formula is C20H21N3O4. The van der Waals surface area contributed by atoms with E-state index in [1.165, 1.54) is 6.20 Å². The lowest BCUT2D eigenvalue weighted by molar-refractivity contribution is 0.0493. The number of esters is 1. The molecule has 0 saturated carbocycles. The third-order valence-electron chi connectivity index (χ3n) is 3.97. The zero-order valence-electron chi connectivity index (χ0n) is 15.3. The van der Waals surface area contributed by atoms with Gasteiger partial charge in [0.2, 0.25) is 0 Å². The fourth-order valence-corrected chi connectivity index (χ4v) is 2.46. The van der Waals surface area contributed by atoms with Gasteiger partial charge in [-0.3, -0.25) is 0 Å². The van der Waals surface area contributed by atoms with E-state index in [1.807, 2.05) is 17.8 Å². The summed E-state index contributed by atoms with van der Waals surface area (Å²) in [5.41, 5.74) is 1.35. The lowest BCUT2D eigenvalue weighted by Gasteiger charge is -2.07. The van der Waals surface area contributed by atoms with Crippen molar-refractivity contribution in [1.29, 1.82) is 0 Å². The molecule has 3 aromatic rings. The number of benzene rings is 1. The van der Waals surface area contributed by atoms with Gasteiger partial charge in [0.1, 0.15) is 22.9 Å². The van der Waals surface area contributed by atoms with Crippen LogP contribution in [0.2, 0.25) is 0 Å². The number of carbonyl (C=O) groups is 1. The van der Waals surface area contributed by atoms with Crippen LogP contribution in [0, 0.1) is 0 Å². The third kappa shape index (κ3) is 5.07. The van der Waals surface area contributed by atoms with Gasteiger partial charge in [-0.25, -0.2) is 14.8 Å². The van der Waals surface area contributed by atoms with E-state index < -0.39 is 5.97 Å². The van der Waals surface area contributed by atoms with Crippen LogP contribution >= 0.6 is 0 Å². The van der Waals surface area contributed by atoms with Gasteiger partial charge in [0, 0.05) is 18.9 Å². The highest BCUT2D eigenvalue weighted by atomic mass is 16.5. The minimum absolute atomic E-state index is 0.248. The van der Waals surface area contributed by atoms with E-state index in [-0.39, 0.29) is 5.69 Å². The van der Waals surface area contributed by atoms with Gasteiger partial charge in [-0.05, 0) is 49.2 Å². The van der Waals surface area contributed by atoms with Crippen molar-refractivity contribution >= 4 is 5.97 Å². The van der Waals surface area contributed by atoms with Crippen LogP contribution < -0.4 is 9.47 Å². The number of rotatable bonds is 8. The predicted octanol–water partition coefficient (Wildman–Crippen LogP) is 3.41. The highest BCUT2D eigenvalue weighted by molar-refractivity contribution is 5.87. The number of hydrogen-bond acceptors (Lipinski definition) is 6. The summed E-state index contributed by atoms with van der Waals surface area (Å²) in [5, 5.41) is 0. The number of methoxy groups -OCH3 is 1. The van der Waals surface area contributed by atoms with Gasteiger partial charge in [-0.15, -0.1) is 0 Å². The summed E-state index contributed by atoms with van der Waals surface area (Å²) in [7, 11) is 3.55. The summed E-state index contributed by atoms with van der Waals surface area (Å²) in [6.45, 7) is 0.329. The number of hydrogen-bond donors (Lipinski definition) is 0. The van der Waals surface area contributed by atoms with Crippen LogP contribution in [-0.4, -0.2) is 34.2 Å². The Morgan fingerprint density at radius 1 is 1.04 bits per heavy atom. The molecule has 0 bridgehead atoms. The predicted molar refractivity (Wildman–Crippen MR) is 99.1 cm³/mol. The summed E-state index contributed by atoms with van der Waals surface area (Å²) in [6.07, 6.45) is 6.58. The number of nitrogens with zero attached hydrogens (tertiary/aromatic N) is 3. The molecule has 0 aliphatic heterocycles. The molecule has 0 amide bonds. The molecule has 0 radical (unpaired) electrons. The van der Waals surface area contributed by atoms with E-state index in [2.05, 4.69) is 9.97 Å². The first-order chi connectivity index (χ1) is 13.2. The Bertz CT molecular complexity index is 873. The van der Waals surface area contributed by atoms with Gasteiger partial charge < -0.3 is 18.8 Å². The van der Waals surface area contributed by atoms with Crippen LogP contribution in [0.5, 0.6) is 17.2 Å². The number of aryl methyl sites for hydroxylation is 2. The van der Waals surface area contributed by atoms with E-state index in [1.54, 1.807) is 49.8 Å². The van der Waals surface area contributed by atoms with Crippen LogP contribution in [0.1, 0.15) is 22.6 Å². The second-order valence-electron chi connectivity index (χ2n) is 5.89. The monoisotopic (exact) mass is 367 g/mol. The maximum atomic E-state index is 12.1. The first kappa shape index (κ1) is 18.4. The SMILES string of the molecule is COc1ccc(Oc2ccc(C(=O)OCCCc3cncn3C)nc2)cc1. The number of imidazole rings is 1. The second kappa shape index (κ2) is 8.84. The fraction of sp³-hybridized carbons (Fsp3) is 0.250. The second-order valence-corrected chi connectivity index (χ2v) is 5.89. The molecule has 140 valence electrons. The lowest BCUT2D eigenvalue weighted by Crippen LogP contribution is -2.09. The van der Waals surface area contributed by atoms with Crippen molar-refractivity contribution in [2.75, 3.05) is 13.7 Å². The Hall–Kier alpha value is -3.35. The van der Waals surface area contributed by atoms with Crippen LogP contribution in [0.3, 0.4) is 0 Å². The van der Waals surface area contributed by atoms with E-state index in [0.29, 0.717) is 18.1 Å². The van der Waals surface area contributed by atoms with Crippen molar-refractivity contribution in [2.24, 2.45) is 7.05 Å². The summed E-state index contributed by atoms with van der Waals surface area (Å²) < 4.78 is 18.0. The first-order valence-corrected chi connectivity index (χ1v) is 8.56. The summed E-state index contributed by atoms with van der Waals surface area (Å²) in [5.74, 6) is 1.49. The summed E-state index contributed by atoms with van der Waals surface area (Å²) in [6, 6.07) is 10.5. The molecule has 27 heavy (non-hydrogen) atoms. The fourth-order valence-electron chi connectivity index (χ4n) is 2.46. The van der Waals surface area contributed by atoms with E-state index in [4.69, 9.17) is 14.2 Å². The minimum atomic E-state index is -0.448. The molecule has 0 unspecified atom stereocenters. The van der Waals surface area contributed by atoms with Crippen molar-refractivity contribution in [2.45, 2.75) is 12.8 Å². The van der Waals surface area contributed by atoms with Crippen LogP contribution in [0.4, 0.5) is 0 Å². The van der Waals surface area contributed by atoms with Crippen molar-refractivity contribution in [3.63, 3.8) is 0 Å². The molecule has 2 heterocycles. The zero-order chi connectivity index (χ0) is 19.1. The Kier molecular flexibility index (Phi) is 6.04. The van der Waals surface area contributed by atoms with Gasteiger partial charge in [0.25, 0.3) is 0 Å². The number of aromatic nitrogens is 3. The van der Waals surface area contributed by atoms with Gasteiger partial charge in [0.05, 0.1) is 26.2 Å². The van der Waals surface area contributed by atoms with Gasteiger partial charge >= 0.3 is 5.97 Å². The van der Waals surface area contributed by atoms with Crippen LogP contribution in [0.25, 0.3) is 0 Å². The molecule has 2 aromatic heterocycles. The molecule has 0 aliphatic carbocycles. The molecule has 0 aliphatic rings. The lowest BCUT2D eigenvalue weighted by atomic mass is 10.2. The molecule has 0 atom stereocenters. The van der Waals surface area contributed by atoms with Crippen molar-refractivity contribution in [3.05, 3.63) is 66.5 Å². The highest BCUT2D eigenvalue weighted by Crippen LogP contribution is 2.23. The normalized spacial score (nSPS) is 10.4. The Morgan fingerprint density at radius 3 is 2.41 bits per heavy atom. The Balaban J connectivity index is 1.47. The van der Waals surface area contributed by atoms with Gasteiger partial charge in [-0.2, -0.15) is 0 Å². The number of carbonyl (C=O) groups excluding carboxylic acids is 1. The first-order valence-electron chi connectivity index (χ1n) is 8.56. The van der Waals surface area contributed by atoms with Crippen molar-refractivity contribution in [3.8, 4) is 17.2 Å². The quantitative estimate of drug-likeness (QED) is 0.449. The van der Waals surface area contributed by atoms with Crippen LogP contribution in [0.15, 0.2) is 55.1 Å². The van der Waals surface area contributed by atoms with Gasteiger partial charge in [-0.1, -0.05) is 0 Å². The molecule has 0 fully saturated rings. The van der Waals surface area contributed by atoms with E-state index in [9.17, 15) is 4.79 Å². The van der Waals surface area contributed by atoms with E-state index >= 15 is 0 Å².